The fraction of sp³-hybridized carbons (Fsp3) is 0.357. The molecule has 0 aliphatic heterocycles. The van der Waals surface area contributed by atoms with Crippen molar-refractivity contribution in [3.05, 3.63) is 41.7 Å². The first-order valence-electron chi connectivity index (χ1n) is 6.61. The molecule has 2 aromatic rings. The third-order valence-corrected chi connectivity index (χ3v) is 4.19. The van der Waals surface area contributed by atoms with Crippen molar-refractivity contribution in [2.45, 2.75) is 18.9 Å². The van der Waals surface area contributed by atoms with Gasteiger partial charge in [-0.05, 0) is 24.0 Å². The number of amides is 1. The van der Waals surface area contributed by atoms with E-state index in [-0.39, 0.29) is 18.3 Å². The Labute approximate surface area is 144 Å². The summed E-state index contributed by atoms with van der Waals surface area (Å²) in [5, 5.41) is 3.23. The molecule has 1 aromatic heterocycles. The minimum absolute atomic E-state index is 0. The van der Waals surface area contributed by atoms with Crippen molar-refractivity contribution in [1.29, 1.82) is 0 Å². The van der Waals surface area contributed by atoms with Gasteiger partial charge in [-0.3, -0.25) is 10.1 Å². The van der Waals surface area contributed by atoms with Gasteiger partial charge in [0.15, 0.2) is 0 Å². The highest BCUT2D eigenvalue weighted by atomic mass is 35.5. The van der Waals surface area contributed by atoms with Crippen molar-refractivity contribution in [1.82, 2.24) is 9.36 Å². The molecule has 1 amide bonds. The van der Waals surface area contributed by atoms with Crippen LogP contribution in [0.5, 0.6) is 0 Å². The highest BCUT2D eigenvalue weighted by Crippen LogP contribution is 2.14. The van der Waals surface area contributed by atoms with E-state index in [0.29, 0.717) is 23.8 Å². The number of hydrogen-bond donors (Lipinski definition) is 2. The molecule has 0 unspecified atom stereocenters. The fourth-order valence-corrected chi connectivity index (χ4v) is 2.81. The Hall–Kier alpha value is -1.15. The predicted molar refractivity (Wildman–Crippen MR) is 96.0 cm³/mol. The van der Waals surface area contributed by atoms with Gasteiger partial charge in [0.05, 0.1) is 6.04 Å². The van der Waals surface area contributed by atoms with Gasteiger partial charge in [-0.1, -0.05) is 30.3 Å². The summed E-state index contributed by atoms with van der Waals surface area (Å²) in [6, 6.07) is 9.48. The van der Waals surface area contributed by atoms with Crippen LogP contribution in [0.1, 0.15) is 17.8 Å². The molecule has 22 heavy (non-hydrogen) atoms. The summed E-state index contributed by atoms with van der Waals surface area (Å²) in [6.07, 6.45) is 3.31. The molecule has 0 aliphatic carbocycles. The van der Waals surface area contributed by atoms with Crippen LogP contribution >= 0.6 is 35.7 Å². The highest BCUT2D eigenvalue weighted by Gasteiger charge is 2.15. The molecule has 0 bridgehead atoms. The van der Waals surface area contributed by atoms with Gasteiger partial charge in [-0.25, -0.2) is 4.98 Å². The Morgan fingerprint density at radius 1 is 1.41 bits per heavy atom. The van der Waals surface area contributed by atoms with Crippen LogP contribution in [0.4, 0.5) is 5.13 Å². The number of thioether (sulfide) groups is 1. The quantitative estimate of drug-likeness (QED) is 0.795. The number of nitrogens with zero attached hydrogens (tertiary/aromatic N) is 2. The van der Waals surface area contributed by atoms with Gasteiger partial charge >= 0.3 is 0 Å². The molecule has 0 saturated heterocycles. The van der Waals surface area contributed by atoms with Crippen LogP contribution in [0.3, 0.4) is 0 Å². The van der Waals surface area contributed by atoms with Crippen LogP contribution in [0.2, 0.25) is 0 Å². The molecule has 0 aliphatic rings. The van der Waals surface area contributed by atoms with Gasteiger partial charge in [-0.2, -0.15) is 16.1 Å². The summed E-state index contributed by atoms with van der Waals surface area (Å²) in [7, 11) is 0. The van der Waals surface area contributed by atoms with Gasteiger partial charge in [0.25, 0.3) is 0 Å². The molecule has 2 rings (SSSR count). The zero-order chi connectivity index (χ0) is 15.1. The number of carbonyl (C=O) groups is 1. The van der Waals surface area contributed by atoms with Crippen molar-refractivity contribution in [3.63, 3.8) is 0 Å². The van der Waals surface area contributed by atoms with Crippen LogP contribution < -0.4 is 11.1 Å². The van der Waals surface area contributed by atoms with E-state index < -0.39 is 6.04 Å². The zero-order valence-electron chi connectivity index (χ0n) is 12.2. The lowest BCUT2D eigenvalue weighted by molar-refractivity contribution is -0.117. The number of anilines is 1. The third kappa shape index (κ3) is 5.92. The molecule has 1 heterocycles. The standard InChI is InChI=1S/C14H18N4OS2.ClH/c1-20-8-7-11(15)13(19)17-14-16-12(18-21-14)9-10-5-3-2-4-6-10;/h2-6,11H,7-9,15H2,1H3,(H,16,17,18,19);1H/t11-;/m0./s1. The van der Waals surface area contributed by atoms with E-state index in [2.05, 4.69) is 14.7 Å². The fourth-order valence-electron chi connectivity index (χ4n) is 1.73. The maximum atomic E-state index is 11.9. The van der Waals surface area contributed by atoms with Crippen molar-refractivity contribution < 1.29 is 4.79 Å². The lowest BCUT2D eigenvalue weighted by Gasteiger charge is -2.08. The van der Waals surface area contributed by atoms with E-state index in [9.17, 15) is 4.79 Å². The molecule has 0 fully saturated rings. The smallest absolute Gasteiger partial charge is 0.243 e. The lowest BCUT2D eigenvalue weighted by Crippen LogP contribution is -2.36. The molecule has 0 spiro atoms. The van der Waals surface area contributed by atoms with Crippen LogP contribution in [-0.4, -0.2) is 33.3 Å². The summed E-state index contributed by atoms with van der Waals surface area (Å²) in [6.45, 7) is 0. The number of aromatic nitrogens is 2. The van der Waals surface area contributed by atoms with Crippen LogP contribution in [0.25, 0.3) is 0 Å². The van der Waals surface area contributed by atoms with Gasteiger partial charge in [-0.15, -0.1) is 12.4 Å². The van der Waals surface area contributed by atoms with E-state index in [4.69, 9.17) is 5.73 Å². The van der Waals surface area contributed by atoms with Crippen LogP contribution in [-0.2, 0) is 11.2 Å². The number of rotatable bonds is 7. The van der Waals surface area contributed by atoms with Gasteiger partial charge in [0.2, 0.25) is 11.0 Å². The first kappa shape index (κ1) is 18.9. The summed E-state index contributed by atoms with van der Waals surface area (Å²) in [5.41, 5.74) is 6.96. The SMILES string of the molecule is CSCC[C@H](N)C(=O)Nc1nc(Cc2ccccc2)ns1.Cl. The van der Waals surface area contributed by atoms with Crippen molar-refractivity contribution in [2.24, 2.45) is 5.73 Å². The summed E-state index contributed by atoms with van der Waals surface area (Å²) >= 11 is 2.86. The lowest BCUT2D eigenvalue weighted by atomic mass is 10.1. The molecule has 0 radical (unpaired) electrons. The molecular weight excluding hydrogens is 340 g/mol. The number of nitrogens with one attached hydrogen (secondary N) is 1. The maximum absolute atomic E-state index is 11.9. The number of hydrogen-bond acceptors (Lipinski definition) is 6. The summed E-state index contributed by atoms with van der Waals surface area (Å²) in [4.78, 5) is 16.2. The Bertz CT molecular complexity index is 579. The molecule has 120 valence electrons. The largest absolute Gasteiger partial charge is 0.320 e. The van der Waals surface area contributed by atoms with Crippen molar-refractivity contribution >= 4 is 46.7 Å². The molecule has 1 aromatic carbocycles. The second kappa shape index (κ2) is 9.78. The van der Waals surface area contributed by atoms with Crippen LogP contribution in [0, 0.1) is 0 Å². The van der Waals surface area contributed by atoms with Crippen molar-refractivity contribution in [2.75, 3.05) is 17.3 Å². The first-order chi connectivity index (χ1) is 10.2. The summed E-state index contributed by atoms with van der Waals surface area (Å²) < 4.78 is 4.26. The number of benzene rings is 1. The Morgan fingerprint density at radius 3 is 2.82 bits per heavy atom. The topological polar surface area (TPSA) is 80.9 Å². The zero-order valence-corrected chi connectivity index (χ0v) is 14.6. The Morgan fingerprint density at radius 2 is 2.14 bits per heavy atom. The predicted octanol–water partition coefficient (Wildman–Crippen LogP) is 2.57. The number of halogens is 1. The third-order valence-electron chi connectivity index (χ3n) is 2.87. The van der Waals surface area contributed by atoms with Gasteiger partial charge in [0, 0.05) is 18.0 Å². The average Bonchev–Trinajstić information content (AvgIpc) is 2.92. The van der Waals surface area contributed by atoms with E-state index in [1.54, 1.807) is 11.8 Å². The first-order valence-corrected chi connectivity index (χ1v) is 8.77. The van der Waals surface area contributed by atoms with Crippen LogP contribution in [0.15, 0.2) is 30.3 Å². The molecular formula is C14H19ClN4OS2. The van der Waals surface area contributed by atoms with Crippen molar-refractivity contribution in [3.8, 4) is 0 Å². The minimum Gasteiger partial charge on any atom is -0.320 e. The number of nitrogens with two attached hydrogens (primary N) is 1. The molecule has 3 N–H and O–H groups in total. The monoisotopic (exact) mass is 358 g/mol. The molecule has 5 nitrogen and oxygen atoms in total. The number of carbonyl (C=O) groups excluding carboxylic acids is 1. The second-order valence-electron chi connectivity index (χ2n) is 4.56. The average molecular weight is 359 g/mol. The van der Waals surface area contributed by atoms with E-state index in [1.807, 2.05) is 36.6 Å². The maximum Gasteiger partial charge on any atom is 0.243 e. The normalized spacial score (nSPS) is 11.5. The minimum atomic E-state index is -0.501. The Kier molecular flexibility index (Phi) is 8.40. The Balaban J connectivity index is 0.00000242. The molecule has 1 atom stereocenters. The van der Waals surface area contributed by atoms with E-state index in [1.165, 1.54) is 11.5 Å². The summed E-state index contributed by atoms with van der Waals surface area (Å²) in [5.74, 6) is 1.37. The van der Waals surface area contributed by atoms with Gasteiger partial charge < -0.3 is 5.73 Å². The van der Waals surface area contributed by atoms with E-state index >= 15 is 0 Å². The highest BCUT2D eigenvalue weighted by molar-refractivity contribution is 7.98. The van der Waals surface area contributed by atoms with E-state index in [0.717, 1.165) is 11.3 Å². The molecule has 8 heteroatoms. The second-order valence-corrected chi connectivity index (χ2v) is 6.29. The van der Waals surface area contributed by atoms with Gasteiger partial charge in [0.1, 0.15) is 5.82 Å². The molecule has 0 saturated carbocycles.